The van der Waals surface area contributed by atoms with Crippen molar-refractivity contribution in [3.05, 3.63) is 53.2 Å². The van der Waals surface area contributed by atoms with E-state index in [-0.39, 0.29) is 24.5 Å². The molecule has 3 aromatic rings. The number of rotatable bonds is 7. The van der Waals surface area contributed by atoms with Gasteiger partial charge in [0.05, 0.1) is 41.9 Å². The van der Waals surface area contributed by atoms with Gasteiger partial charge in [0.2, 0.25) is 11.9 Å². The molecule has 0 radical (unpaired) electrons. The van der Waals surface area contributed by atoms with Crippen molar-refractivity contribution < 1.29 is 23.8 Å². The first kappa shape index (κ1) is 30.2. The molecule has 12 heteroatoms. The molecule has 0 aliphatic carbocycles. The van der Waals surface area contributed by atoms with Crippen LogP contribution in [0.25, 0.3) is 22.0 Å². The number of likely N-dealkylation sites (tertiary alicyclic amines) is 1. The predicted octanol–water partition coefficient (Wildman–Crippen LogP) is 5.71. The number of carbonyl (C=O) groups is 2. The maximum Gasteiger partial charge on any atom is 0.410 e. The number of nitrogens with one attached hydrogen (secondary N) is 2. The van der Waals surface area contributed by atoms with Crippen LogP contribution in [0.5, 0.6) is 11.5 Å². The molecule has 41 heavy (non-hydrogen) atoms. The molecule has 2 aromatic carbocycles. The van der Waals surface area contributed by atoms with Gasteiger partial charge in [-0.2, -0.15) is 0 Å². The summed E-state index contributed by atoms with van der Waals surface area (Å²) in [4.78, 5) is 35.7. The molecular formula is C29H33Cl2N5O5. The Kier molecular flexibility index (Phi) is 9.14. The van der Waals surface area contributed by atoms with Crippen LogP contribution in [-0.4, -0.2) is 71.9 Å². The normalized spacial score (nSPS) is 17.1. The molecule has 1 fully saturated rings. The van der Waals surface area contributed by atoms with Gasteiger partial charge in [-0.15, -0.1) is 0 Å². The number of halogens is 2. The number of aromatic nitrogens is 2. The average molecular weight is 603 g/mol. The molecule has 1 aliphatic rings. The second-order valence-corrected chi connectivity index (χ2v) is 11.3. The molecule has 2 atom stereocenters. The van der Waals surface area contributed by atoms with Crippen molar-refractivity contribution in [1.29, 1.82) is 0 Å². The molecule has 1 saturated heterocycles. The van der Waals surface area contributed by atoms with Gasteiger partial charge >= 0.3 is 6.09 Å². The SMILES string of the molecule is C=CC(=O)N[C@H]1CCN(C(=O)OC(C)(C)C)C[C@H]1Nc1ncc2cc(-c3c(Cl)c(OC)cc(OC)c3Cl)ccc2n1. The van der Waals surface area contributed by atoms with Crippen molar-refractivity contribution in [3.8, 4) is 22.6 Å². The Balaban J connectivity index is 1.62. The number of nitrogens with zero attached hydrogens (tertiary/aromatic N) is 3. The van der Waals surface area contributed by atoms with Crippen molar-refractivity contribution in [3.63, 3.8) is 0 Å². The first-order chi connectivity index (χ1) is 19.4. The molecule has 4 rings (SSSR count). The van der Waals surface area contributed by atoms with Crippen LogP contribution < -0.4 is 20.1 Å². The lowest BCUT2D eigenvalue weighted by Gasteiger charge is -2.39. The minimum absolute atomic E-state index is 0.284. The van der Waals surface area contributed by atoms with E-state index < -0.39 is 11.7 Å². The lowest BCUT2D eigenvalue weighted by molar-refractivity contribution is -0.117. The Labute approximate surface area is 249 Å². The van der Waals surface area contributed by atoms with E-state index >= 15 is 0 Å². The topological polar surface area (TPSA) is 115 Å². The van der Waals surface area contributed by atoms with E-state index in [0.29, 0.717) is 51.5 Å². The zero-order valence-electron chi connectivity index (χ0n) is 23.6. The van der Waals surface area contributed by atoms with Crippen LogP contribution >= 0.6 is 23.2 Å². The monoisotopic (exact) mass is 601 g/mol. The van der Waals surface area contributed by atoms with Crippen LogP contribution in [0.1, 0.15) is 27.2 Å². The Hall–Kier alpha value is -3.76. The third-order valence-corrected chi connectivity index (χ3v) is 7.28. The van der Waals surface area contributed by atoms with Crippen LogP contribution in [0.4, 0.5) is 10.7 Å². The third-order valence-electron chi connectivity index (χ3n) is 6.53. The number of carbonyl (C=O) groups excluding carboxylic acids is 2. The summed E-state index contributed by atoms with van der Waals surface area (Å²) in [6.07, 6.45) is 2.99. The zero-order valence-corrected chi connectivity index (χ0v) is 25.1. The molecule has 2 amide bonds. The second kappa shape index (κ2) is 12.4. The molecule has 1 aliphatic heterocycles. The van der Waals surface area contributed by atoms with E-state index in [1.165, 1.54) is 20.3 Å². The molecule has 0 saturated carbocycles. The summed E-state index contributed by atoms with van der Waals surface area (Å²) < 4.78 is 16.4. The fourth-order valence-electron chi connectivity index (χ4n) is 4.57. The van der Waals surface area contributed by atoms with Gasteiger partial charge in [0.1, 0.15) is 17.1 Å². The highest BCUT2D eigenvalue weighted by Gasteiger charge is 2.34. The number of hydrogen-bond donors (Lipinski definition) is 2. The van der Waals surface area contributed by atoms with E-state index in [1.807, 2.05) is 39.0 Å². The van der Waals surface area contributed by atoms with Gasteiger partial charge in [-0.1, -0.05) is 35.8 Å². The quantitative estimate of drug-likeness (QED) is 0.331. The second-order valence-electron chi connectivity index (χ2n) is 10.5. The molecule has 2 heterocycles. The highest BCUT2D eigenvalue weighted by molar-refractivity contribution is 6.41. The summed E-state index contributed by atoms with van der Waals surface area (Å²) in [5, 5.41) is 7.70. The highest BCUT2D eigenvalue weighted by atomic mass is 35.5. The van der Waals surface area contributed by atoms with Crippen LogP contribution in [0, 0.1) is 0 Å². The summed E-state index contributed by atoms with van der Waals surface area (Å²) in [5.41, 5.74) is 1.35. The maximum atomic E-state index is 12.8. The summed E-state index contributed by atoms with van der Waals surface area (Å²) in [6, 6.07) is 6.54. The van der Waals surface area contributed by atoms with Crippen LogP contribution in [0.2, 0.25) is 10.0 Å². The molecular weight excluding hydrogens is 569 g/mol. The molecule has 218 valence electrons. The smallest absolute Gasteiger partial charge is 0.410 e. The minimum atomic E-state index is -0.626. The number of methoxy groups -OCH3 is 2. The maximum absolute atomic E-state index is 12.8. The first-order valence-electron chi connectivity index (χ1n) is 13.0. The highest BCUT2D eigenvalue weighted by Crippen LogP contribution is 2.46. The van der Waals surface area contributed by atoms with Crippen molar-refractivity contribution >= 4 is 52.1 Å². The first-order valence-corrected chi connectivity index (χ1v) is 13.7. The Bertz CT molecular complexity index is 1450. The summed E-state index contributed by atoms with van der Waals surface area (Å²) >= 11 is 13.2. The minimum Gasteiger partial charge on any atom is -0.495 e. The van der Waals surface area contributed by atoms with E-state index in [1.54, 1.807) is 17.2 Å². The molecule has 0 spiro atoms. The molecule has 1 aromatic heterocycles. The van der Waals surface area contributed by atoms with Gasteiger partial charge in [0.15, 0.2) is 0 Å². The van der Waals surface area contributed by atoms with Crippen LogP contribution in [0.15, 0.2) is 43.1 Å². The summed E-state index contributed by atoms with van der Waals surface area (Å²) in [6.45, 7) is 9.71. The van der Waals surface area contributed by atoms with Gasteiger partial charge < -0.3 is 29.7 Å². The van der Waals surface area contributed by atoms with E-state index in [9.17, 15) is 9.59 Å². The molecule has 0 bridgehead atoms. The number of anilines is 1. The summed E-state index contributed by atoms with van der Waals surface area (Å²) in [5.74, 6) is 0.916. The number of hydrogen-bond acceptors (Lipinski definition) is 8. The average Bonchev–Trinajstić information content (AvgIpc) is 2.93. The molecule has 0 unspecified atom stereocenters. The van der Waals surface area contributed by atoms with Gasteiger partial charge in [0.25, 0.3) is 0 Å². The van der Waals surface area contributed by atoms with Crippen molar-refractivity contribution in [2.75, 3.05) is 32.6 Å². The predicted molar refractivity (Wildman–Crippen MR) is 160 cm³/mol. The number of benzene rings is 2. The van der Waals surface area contributed by atoms with Gasteiger partial charge in [-0.3, -0.25) is 4.79 Å². The number of ether oxygens (including phenoxy) is 3. The standard InChI is InChI=1S/C29H33Cl2N5O5/c1-7-23(37)33-19-10-11-36(28(38)41-29(2,3)4)15-20(19)35-27-32-14-17-12-16(8-9-18(17)34-27)24-25(30)21(39-5)13-22(40-6)26(24)31/h7-9,12-14,19-20H,1,10-11,15H2,2-6H3,(H,33,37)(H,32,34,35)/t19-,20+/m0/s1. The molecule has 2 N–H and O–H groups in total. The Morgan fingerprint density at radius 3 is 2.39 bits per heavy atom. The fraction of sp³-hybridized carbons (Fsp3) is 0.379. The Morgan fingerprint density at radius 1 is 1.10 bits per heavy atom. The lowest BCUT2D eigenvalue weighted by atomic mass is 9.99. The number of fused-ring (bicyclic) bond motifs is 1. The lowest BCUT2D eigenvalue weighted by Crippen LogP contribution is -2.58. The Morgan fingerprint density at radius 2 is 1.78 bits per heavy atom. The molecule has 10 nitrogen and oxygen atoms in total. The number of piperidine rings is 1. The van der Waals surface area contributed by atoms with Crippen LogP contribution in [-0.2, 0) is 9.53 Å². The van der Waals surface area contributed by atoms with E-state index in [4.69, 9.17) is 37.4 Å². The van der Waals surface area contributed by atoms with Crippen molar-refractivity contribution in [2.24, 2.45) is 0 Å². The zero-order chi connectivity index (χ0) is 29.9. The largest absolute Gasteiger partial charge is 0.495 e. The van der Waals surface area contributed by atoms with Crippen molar-refractivity contribution in [1.82, 2.24) is 20.2 Å². The van der Waals surface area contributed by atoms with Gasteiger partial charge in [-0.05, 0) is 51.0 Å². The van der Waals surface area contributed by atoms with E-state index in [2.05, 4.69) is 27.2 Å². The fourth-order valence-corrected chi connectivity index (χ4v) is 5.29. The van der Waals surface area contributed by atoms with Crippen LogP contribution in [0.3, 0.4) is 0 Å². The van der Waals surface area contributed by atoms with Gasteiger partial charge in [0, 0.05) is 36.3 Å². The van der Waals surface area contributed by atoms with E-state index in [0.717, 1.165) is 10.9 Å². The van der Waals surface area contributed by atoms with Gasteiger partial charge in [-0.25, -0.2) is 14.8 Å². The number of amides is 2. The third kappa shape index (κ3) is 6.94. The van der Waals surface area contributed by atoms with Crippen molar-refractivity contribution in [2.45, 2.75) is 44.9 Å². The summed E-state index contributed by atoms with van der Waals surface area (Å²) in [7, 11) is 3.04.